The third-order valence-electron chi connectivity index (χ3n) is 1.69. The van der Waals surface area contributed by atoms with E-state index in [4.69, 9.17) is 4.74 Å². The van der Waals surface area contributed by atoms with Crippen LogP contribution in [0.5, 0.6) is 0 Å². The summed E-state index contributed by atoms with van der Waals surface area (Å²) in [6, 6.07) is 0. The van der Waals surface area contributed by atoms with Crippen LogP contribution in [0.25, 0.3) is 0 Å². The summed E-state index contributed by atoms with van der Waals surface area (Å²) in [5.41, 5.74) is 0.372. The summed E-state index contributed by atoms with van der Waals surface area (Å²) in [7, 11) is 0. The Morgan fingerprint density at radius 3 is 2.60 bits per heavy atom. The van der Waals surface area contributed by atoms with Gasteiger partial charge in [0.1, 0.15) is 6.10 Å². The summed E-state index contributed by atoms with van der Waals surface area (Å²) in [6.45, 7) is 10.6. The zero-order valence-corrected chi connectivity index (χ0v) is 9.21. The lowest BCUT2D eigenvalue weighted by Gasteiger charge is -2.12. The van der Waals surface area contributed by atoms with Gasteiger partial charge in [-0.2, -0.15) is 0 Å². The van der Waals surface area contributed by atoms with E-state index in [9.17, 15) is 9.59 Å². The van der Waals surface area contributed by atoms with E-state index in [1.54, 1.807) is 13.8 Å². The van der Waals surface area contributed by atoms with Gasteiger partial charge in [0.2, 0.25) is 5.91 Å². The van der Waals surface area contributed by atoms with Crippen molar-refractivity contribution < 1.29 is 14.3 Å². The fourth-order valence-corrected chi connectivity index (χ4v) is 0.813. The highest BCUT2D eigenvalue weighted by Gasteiger charge is 2.09. The molecule has 15 heavy (non-hydrogen) atoms. The number of hydrogen-bond donors (Lipinski definition) is 1. The van der Waals surface area contributed by atoms with E-state index < -0.39 is 5.97 Å². The Balaban J connectivity index is 3.70. The monoisotopic (exact) mass is 211 g/mol. The maximum Gasteiger partial charge on any atom is 0.333 e. The standard InChI is InChI=1S/C11H17NO3/c1-5-10(13)12-7-6-9(4)15-11(14)8(2)3/h5,9H,1-2,6-7H2,3-4H3,(H,12,13). The molecule has 0 saturated carbocycles. The molecule has 0 aromatic heterocycles. The van der Waals surface area contributed by atoms with Crippen molar-refractivity contribution in [1.82, 2.24) is 5.32 Å². The summed E-state index contributed by atoms with van der Waals surface area (Å²) in [5, 5.41) is 2.59. The molecule has 0 rings (SSSR count). The Morgan fingerprint density at radius 2 is 2.13 bits per heavy atom. The summed E-state index contributed by atoms with van der Waals surface area (Å²) in [6.07, 6.45) is 1.53. The van der Waals surface area contributed by atoms with Gasteiger partial charge in [0.05, 0.1) is 0 Å². The van der Waals surface area contributed by atoms with E-state index in [1.165, 1.54) is 6.08 Å². The lowest BCUT2D eigenvalue weighted by molar-refractivity contribution is -0.143. The van der Waals surface area contributed by atoms with Crippen molar-refractivity contribution in [1.29, 1.82) is 0 Å². The molecule has 0 aliphatic heterocycles. The molecule has 0 spiro atoms. The number of rotatable bonds is 6. The molecule has 4 heteroatoms. The van der Waals surface area contributed by atoms with Crippen molar-refractivity contribution in [3.63, 3.8) is 0 Å². The van der Waals surface area contributed by atoms with Crippen LogP contribution in [0.15, 0.2) is 24.8 Å². The van der Waals surface area contributed by atoms with Gasteiger partial charge in [0.25, 0.3) is 0 Å². The predicted molar refractivity (Wildman–Crippen MR) is 58.2 cm³/mol. The first kappa shape index (κ1) is 13.4. The first-order chi connectivity index (χ1) is 6.97. The quantitative estimate of drug-likeness (QED) is 0.530. The van der Waals surface area contributed by atoms with Crippen molar-refractivity contribution >= 4 is 11.9 Å². The molecular weight excluding hydrogens is 194 g/mol. The van der Waals surface area contributed by atoms with E-state index in [0.29, 0.717) is 18.5 Å². The van der Waals surface area contributed by atoms with Crippen LogP contribution >= 0.6 is 0 Å². The van der Waals surface area contributed by atoms with Crippen LogP contribution < -0.4 is 5.32 Å². The van der Waals surface area contributed by atoms with Gasteiger partial charge in [0, 0.05) is 18.5 Å². The SMILES string of the molecule is C=CC(=O)NCCC(C)OC(=O)C(=C)C. The molecule has 0 aromatic carbocycles. The summed E-state index contributed by atoms with van der Waals surface area (Å²) in [4.78, 5) is 21.9. The molecule has 0 aliphatic rings. The number of nitrogens with one attached hydrogen (secondary N) is 1. The van der Waals surface area contributed by atoms with E-state index in [0.717, 1.165) is 0 Å². The maximum atomic E-state index is 11.1. The molecule has 1 atom stereocenters. The first-order valence-corrected chi connectivity index (χ1v) is 4.74. The fourth-order valence-electron chi connectivity index (χ4n) is 0.813. The summed E-state index contributed by atoms with van der Waals surface area (Å²) >= 11 is 0. The van der Waals surface area contributed by atoms with Crippen LogP contribution in [0, 0.1) is 0 Å². The molecule has 1 amide bonds. The lowest BCUT2D eigenvalue weighted by Crippen LogP contribution is -2.26. The molecule has 0 aromatic rings. The fraction of sp³-hybridized carbons (Fsp3) is 0.455. The van der Waals surface area contributed by atoms with Gasteiger partial charge < -0.3 is 10.1 Å². The Hall–Kier alpha value is -1.58. The minimum absolute atomic E-state index is 0.228. The Morgan fingerprint density at radius 1 is 1.53 bits per heavy atom. The number of carbonyl (C=O) groups is 2. The molecule has 0 fully saturated rings. The highest BCUT2D eigenvalue weighted by atomic mass is 16.5. The maximum absolute atomic E-state index is 11.1. The van der Waals surface area contributed by atoms with E-state index in [1.807, 2.05) is 0 Å². The average Bonchev–Trinajstić information content (AvgIpc) is 2.17. The average molecular weight is 211 g/mol. The molecular formula is C11H17NO3. The van der Waals surface area contributed by atoms with Gasteiger partial charge in [-0.1, -0.05) is 13.2 Å². The second-order valence-corrected chi connectivity index (χ2v) is 3.28. The zero-order chi connectivity index (χ0) is 11.8. The van der Waals surface area contributed by atoms with Crippen LogP contribution in [-0.2, 0) is 14.3 Å². The molecule has 1 N–H and O–H groups in total. The zero-order valence-electron chi connectivity index (χ0n) is 9.21. The highest BCUT2D eigenvalue weighted by Crippen LogP contribution is 2.01. The Labute approximate surface area is 90.0 Å². The lowest BCUT2D eigenvalue weighted by atomic mass is 10.2. The topological polar surface area (TPSA) is 55.4 Å². The van der Waals surface area contributed by atoms with Gasteiger partial charge in [-0.05, 0) is 19.9 Å². The van der Waals surface area contributed by atoms with Gasteiger partial charge in [-0.3, -0.25) is 4.79 Å². The molecule has 0 bridgehead atoms. The minimum atomic E-state index is -0.405. The highest BCUT2D eigenvalue weighted by molar-refractivity contribution is 5.87. The minimum Gasteiger partial charge on any atom is -0.459 e. The molecule has 0 aliphatic carbocycles. The second-order valence-electron chi connectivity index (χ2n) is 3.28. The van der Waals surface area contributed by atoms with Crippen LogP contribution in [0.2, 0.25) is 0 Å². The first-order valence-electron chi connectivity index (χ1n) is 4.74. The van der Waals surface area contributed by atoms with Gasteiger partial charge in [0.15, 0.2) is 0 Å². The normalized spacial score (nSPS) is 11.3. The van der Waals surface area contributed by atoms with E-state index >= 15 is 0 Å². The second kappa shape index (κ2) is 6.81. The van der Waals surface area contributed by atoms with Crippen LogP contribution in [0.4, 0.5) is 0 Å². The molecule has 0 saturated heterocycles. The van der Waals surface area contributed by atoms with Crippen molar-refractivity contribution in [3.05, 3.63) is 24.8 Å². The van der Waals surface area contributed by atoms with E-state index in [-0.39, 0.29) is 12.0 Å². The number of ether oxygens (including phenoxy) is 1. The Bertz CT molecular complexity index is 271. The van der Waals surface area contributed by atoms with Crippen LogP contribution in [-0.4, -0.2) is 24.5 Å². The van der Waals surface area contributed by atoms with Crippen LogP contribution in [0.3, 0.4) is 0 Å². The number of carbonyl (C=O) groups excluding carboxylic acids is 2. The van der Waals surface area contributed by atoms with Crippen LogP contribution in [0.1, 0.15) is 20.3 Å². The molecule has 0 radical (unpaired) electrons. The number of hydrogen-bond acceptors (Lipinski definition) is 3. The van der Waals surface area contributed by atoms with Gasteiger partial charge >= 0.3 is 5.97 Å². The van der Waals surface area contributed by atoms with Gasteiger partial charge in [-0.15, -0.1) is 0 Å². The largest absolute Gasteiger partial charge is 0.459 e. The molecule has 0 heterocycles. The summed E-state index contributed by atoms with van der Waals surface area (Å²) < 4.78 is 5.01. The van der Waals surface area contributed by atoms with Gasteiger partial charge in [-0.25, -0.2) is 4.79 Å². The third kappa shape index (κ3) is 6.49. The number of esters is 1. The number of amides is 1. The third-order valence-corrected chi connectivity index (χ3v) is 1.69. The van der Waals surface area contributed by atoms with Crippen molar-refractivity contribution in [2.45, 2.75) is 26.4 Å². The van der Waals surface area contributed by atoms with Crippen molar-refractivity contribution in [3.8, 4) is 0 Å². The van der Waals surface area contributed by atoms with E-state index in [2.05, 4.69) is 18.5 Å². The molecule has 4 nitrogen and oxygen atoms in total. The smallest absolute Gasteiger partial charge is 0.333 e. The predicted octanol–water partition coefficient (Wildman–Crippen LogP) is 1.19. The van der Waals surface area contributed by atoms with Crippen molar-refractivity contribution in [2.75, 3.05) is 6.54 Å². The Kier molecular flexibility index (Phi) is 6.09. The molecule has 1 unspecified atom stereocenters. The van der Waals surface area contributed by atoms with Crippen molar-refractivity contribution in [2.24, 2.45) is 0 Å². The molecule has 84 valence electrons. The summed E-state index contributed by atoms with van der Waals surface area (Å²) in [5.74, 6) is -0.633.